The van der Waals surface area contributed by atoms with Crippen molar-refractivity contribution in [3.8, 4) is 0 Å². The lowest BCUT2D eigenvalue weighted by Gasteiger charge is -2.49. The van der Waals surface area contributed by atoms with E-state index in [1.807, 2.05) is 6.07 Å². The lowest BCUT2D eigenvalue weighted by atomic mass is 10.0. The number of amides is 2. The predicted octanol–water partition coefficient (Wildman–Crippen LogP) is 1.01. The summed E-state index contributed by atoms with van der Waals surface area (Å²) in [6.07, 6.45) is -1.48. The smallest absolute Gasteiger partial charge is 0.449 e. The van der Waals surface area contributed by atoms with Crippen LogP contribution in [-0.4, -0.2) is 45.1 Å². The summed E-state index contributed by atoms with van der Waals surface area (Å²) < 4.78 is 4.73. The summed E-state index contributed by atoms with van der Waals surface area (Å²) in [6, 6.07) is 7.20. The van der Waals surface area contributed by atoms with Crippen molar-refractivity contribution in [2.75, 3.05) is 5.75 Å². The highest BCUT2D eigenvalue weighted by Crippen LogP contribution is 2.40. The number of nitrogens with two attached hydrogens (primary N) is 1. The number of thioether (sulfide) groups is 1. The van der Waals surface area contributed by atoms with Crippen LogP contribution in [-0.2, 0) is 14.3 Å². The first-order chi connectivity index (χ1) is 11.9. The zero-order valence-electron chi connectivity index (χ0n) is 13.3. The van der Waals surface area contributed by atoms with E-state index in [9.17, 15) is 14.4 Å². The van der Waals surface area contributed by atoms with Gasteiger partial charge in [-0.2, -0.15) is 0 Å². The maximum absolute atomic E-state index is 12.4. The lowest BCUT2D eigenvalue weighted by molar-refractivity contribution is -0.149. The van der Waals surface area contributed by atoms with Crippen molar-refractivity contribution in [1.82, 2.24) is 10.2 Å². The summed E-state index contributed by atoms with van der Waals surface area (Å²) in [4.78, 5) is 36.8. The van der Waals surface area contributed by atoms with Gasteiger partial charge in [0.15, 0.2) is 0 Å². The van der Waals surface area contributed by atoms with Crippen molar-refractivity contribution < 1.29 is 24.2 Å². The Kier molecular flexibility index (Phi) is 4.69. The number of carbonyl (C=O) groups is 3. The topological polar surface area (TPSA) is 122 Å². The molecular weight excluding hydrogens is 346 g/mol. The standard InChI is InChI=1S/C16H17N3O5S/c1-8-7-25-15-11(13(21)19(15)14(8)24-16(22)23)18-12(20)10(17)9-5-3-2-4-6-9/h2-6,10-11,15H,7,17H2,1H3,(H,18,20)(H,22,23). The predicted molar refractivity (Wildman–Crippen MR) is 90.2 cm³/mol. The van der Waals surface area contributed by atoms with Gasteiger partial charge in [-0.1, -0.05) is 30.3 Å². The molecule has 0 aliphatic carbocycles. The molecule has 1 aromatic rings. The van der Waals surface area contributed by atoms with Crippen LogP contribution in [0.25, 0.3) is 0 Å². The molecule has 8 nitrogen and oxygen atoms in total. The van der Waals surface area contributed by atoms with Gasteiger partial charge in [-0.25, -0.2) is 4.79 Å². The molecule has 0 spiro atoms. The summed E-state index contributed by atoms with van der Waals surface area (Å²) >= 11 is 1.43. The molecule has 1 aromatic carbocycles. The Morgan fingerprint density at radius 2 is 2.08 bits per heavy atom. The SMILES string of the molecule is CC1=C(OC(=O)O)N2C(=O)C(NC(=O)C(N)c3ccccc3)C2SC1. The van der Waals surface area contributed by atoms with E-state index in [4.69, 9.17) is 15.6 Å². The summed E-state index contributed by atoms with van der Waals surface area (Å²) in [5.41, 5.74) is 7.24. The van der Waals surface area contributed by atoms with Gasteiger partial charge in [0.2, 0.25) is 11.8 Å². The maximum atomic E-state index is 12.4. The third kappa shape index (κ3) is 3.20. The first-order valence-corrected chi connectivity index (χ1v) is 8.61. The molecule has 2 aliphatic heterocycles. The van der Waals surface area contributed by atoms with Crippen LogP contribution >= 0.6 is 11.8 Å². The van der Waals surface area contributed by atoms with E-state index >= 15 is 0 Å². The quantitative estimate of drug-likeness (QED) is 0.539. The van der Waals surface area contributed by atoms with E-state index < -0.39 is 35.4 Å². The molecule has 2 aliphatic rings. The van der Waals surface area contributed by atoms with Crippen molar-refractivity contribution in [3.63, 3.8) is 0 Å². The molecule has 0 saturated carbocycles. The lowest BCUT2D eigenvalue weighted by Crippen LogP contribution is -2.70. The Morgan fingerprint density at radius 1 is 1.40 bits per heavy atom. The Labute approximate surface area is 148 Å². The monoisotopic (exact) mass is 363 g/mol. The molecule has 1 saturated heterocycles. The van der Waals surface area contributed by atoms with Crippen LogP contribution in [0.15, 0.2) is 41.8 Å². The molecule has 1 fully saturated rings. The number of β-lactam (4-membered cyclic amide) rings is 1. The van der Waals surface area contributed by atoms with E-state index in [1.165, 1.54) is 16.7 Å². The van der Waals surface area contributed by atoms with Gasteiger partial charge in [0, 0.05) is 5.75 Å². The zero-order chi connectivity index (χ0) is 18.1. The Balaban J connectivity index is 1.69. The van der Waals surface area contributed by atoms with Gasteiger partial charge in [-0.15, -0.1) is 11.8 Å². The molecule has 2 amide bonds. The average Bonchev–Trinajstić information content (AvgIpc) is 2.60. The van der Waals surface area contributed by atoms with Crippen LogP contribution < -0.4 is 11.1 Å². The van der Waals surface area contributed by atoms with Gasteiger partial charge >= 0.3 is 6.16 Å². The molecule has 2 heterocycles. The minimum atomic E-state index is -1.48. The molecule has 25 heavy (non-hydrogen) atoms. The number of benzene rings is 1. The van der Waals surface area contributed by atoms with Crippen LogP contribution in [0.2, 0.25) is 0 Å². The van der Waals surface area contributed by atoms with Gasteiger partial charge in [0.25, 0.3) is 5.91 Å². The second-order valence-corrected chi connectivity index (χ2v) is 6.84. The van der Waals surface area contributed by atoms with E-state index in [0.29, 0.717) is 16.9 Å². The third-order valence-corrected chi connectivity index (χ3v) is 5.44. The normalized spacial score (nSPS) is 23.4. The van der Waals surface area contributed by atoms with Crippen molar-refractivity contribution >= 4 is 29.7 Å². The largest absolute Gasteiger partial charge is 0.512 e. The molecule has 4 N–H and O–H groups in total. The van der Waals surface area contributed by atoms with Crippen molar-refractivity contribution in [2.24, 2.45) is 5.73 Å². The fourth-order valence-corrected chi connectivity index (χ4v) is 4.00. The maximum Gasteiger partial charge on any atom is 0.512 e. The highest BCUT2D eigenvalue weighted by Gasteiger charge is 2.53. The number of fused-ring (bicyclic) bond motifs is 1. The van der Waals surface area contributed by atoms with Crippen LogP contribution in [0.1, 0.15) is 18.5 Å². The van der Waals surface area contributed by atoms with E-state index in [2.05, 4.69) is 5.32 Å². The fourth-order valence-electron chi connectivity index (χ4n) is 2.74. The molecule has 132 valence electrons. The molecular formula is C16H17N3O5S. The number of nitrogens with one attached hydrogen (secondary N) is 1. The highest BCUT2D eigenvalue weighted by molar-refractivity contribution is 8.00. The van der Waals surface area contributed by atoms with Crippen LogP contribution in [0.4, 0.5) is 4.79 Å². The molecule has 0 bridgehead atoms. The third-order valence-electron chi connectivity index (χ3n) is 4.02. The number of rotatable bonds is 4. The second kappa shape index (κ2) is 6.77. The number of carboxylic acid groups (broad SMARTS) is 1. The summed E-state index contributed by atoms with van der Waals surface area (Å²) in [5.74, 6) is -0.342. The molecule has 0 radical (unpaired) electrons. The van der Waals surface area contributed by atoms with Gasteiger partial charge < -0.3 is 20.9 Å². The summed E-state index contributed by atoms with van der Waals surface area (Å²) in [6.45, 7) is 1.70. The molecule has 3 atom stereocenters. The number of nitrogens with zero attached hydrogens (tertiary/aromatic N) is 1. The van der Waals surface area contributed by atoms with Gasteiger partial charge in [0.1, 0.15) is 17.5 Å². The summed E-state index contributed by atoms with van der Waals surface area (Å²) in [5, 5.41) is 11.1. The molecule has 3 unspecified atom stereocenters. The summed E-state index contributed by atoms with van der Waals surface area (Å²) in [7, 11) is 0. The van der Waals surface area contributed by atoms with Gasteiger partial charge in [0.05, 0.1) is 0 Å². The van der Waals surface area contributed by atoms with Crippen LogP contribution in [0, 0.1) is 0 Å². The Bertz CT molecular complexity index is 751. The van der Waals surface area contributed by atoms with E-state index in [-0.39, 0.29) is 5.88 Å². The number of ether oxygens (including phenoxy) is 1. The van der Waals surface area contributed by atoms with Gasteiger partial charge in [-0.3, -0.25) is 14.5 Å². The first kappa shape index (κ1) is 17.3. The number of hydrogen-bond donors (Lipinski definition) is 3. The number of hydrogen-bond acceptors (Lipinski definition) is 6. The average molecular weight is 363 g/mol. The Hall–Kier alpha value is -2.52. The van der Waals surface area contributed by atoms with Crippen LogP contribution in [0.3, 0.4) is 0 Å². The van der Waals surface area contributed by atoms with E-state index in [0.717, 1.165) is 0 Å². The van der Waals surface area contributed by atoms with Gasteiger partial charge in [-0.05, 0) is 18.1 Å². The fraction of sp³-hybridized carbons (Fsp3) is 0.312. The Morgan fingerprint density at radius 3 is 2.72 bits per heavy atom. The zero-order valence-corrected chi connectivity index (χ0v) is 14.2. The van der Waals surface area contributed by atoms with Crippen molar-refractivity contribution in [1.29, 1.82) is 0 Å². The first-order valence-electron chi connectivity index (χ1n) is 7.56. The van der Waals surface area contributed by atoms with Crippen molar-refractivity contribution in [2.45, 2.75) is 24.4 Å². The van der Waals surface area contributed by atoms with Crippen molar-refractivity contribution in [3.05, 3.63) is 47.4 Å². The highest BCUT2D eigenvalue weighted by atomic mass is 32.2. The van der Waals surface area contributed by atoms with Crippen LogP contribution in [0.5, 0.6) is 0 Å². The second-order valence-electron chi connectivity index (χ2n) is 5.74. The van der Waals surface area contributed by atoms with E-state index in [1.54, 1.807) is 31.2 Å². The minimum Gasteiger partial charge on any atom is -0.449 e. The minimum absolute atomic E-state index is 0.0270. The molecule has 9 heteroatoms. The number of carbonyl (C=O) groups excluding carboxylic acids is 2. The molecule has 3 rings (SSSR count). The molecule has 0 aromatic heterocycles.